The summed E-state index contributed by atoms with van der Waals surface area (Å²) in [4.78, 5) is 22.5. The Kier molecular flexibility index (Phi) is 8.42. The van der Waals surface area contributed by atoms with Gasteiger partial charge >= 0.3 is 11.9 Å². The molecule has 2 fully saturated rings. The van der Waals surface area contributed by atoms with Crippen LogP contribution in [0.4, 0.5) is 0 Å². The molecule has 0 bridgehead atoms. The van der Waals surface area contributed by atoms with Gasteiger partial charge in [0.2, 0.25) is 6.29 Å². The van der Waals surface area contributed by atoms with E-state index in [1.54, 1.807) is 0 Å². The summed E-state index contributed by atoms with van der Waals surface area (Å²) in [6.45, 7) is 5.82. The van der Waals surface area contributed by atoms with Crippen LogP contribution in [-0.4, -0.2) is 111 Å². The summed E-state index contributed by atoms with van der Waals surface area (Å²) in [5, 5.41) is 60.0. The second-order valence-corrected chi connectivity index (χ2v) is 6.47. The minimum absolute atomic E-state index is 0.537. The first-order chi connectivity index (χ1) is 14.1. The van der Waals surface area contributed by atoms with Gasteiger partial charge in [0.15, 0.2) is 12.6 Å². The average molecular weight is 436 g/mol. The van der Waals surface area contributed by atoms with Crippen molar-refractivity contribution in [1.82, 2.24) is 0 Å². The van der Waals surface area contributed by atoms with Gasteiger partial charge in [-0.25, -0.2) is 9.59 Å². The monoisotopic (exact) mass is 436 g/mol. The lowest BCUT2D eigenvalue weighted by Crippen LogP contribution is -2.63. The highest BCUT2D eigenvalue weighted by Gasteiger charge is 2.50. The summed E-state index contributed by atoms with van der Waals surface area (Å²) in [6.07, 6.45) is -15.9. The zero-order valence-corrected chi connectivity index (χ0v) is 15.6. The summed E-state index contributed by atoms with van der Waals surface area (Å²) >= 11 is 0. The van der Waals surface area contributed by atoms with Crippen molar-refractivity contribution in [3.05, 3.63) is 25.3 Å². The highest BCUT2D eigenvalue weighted by Crippen LogP contribution is 2.28. The van der Waals surface area contributed by atoms with Gasteiger partial charge in [-0.3, -0.25) is 0 Å². The first-order valence-electron chi connectivity index (χ1n) is 8.77. The topological polar surface area (TPSA) is 202 Å². The van der Waals surface area contributed by atoms with Crippen molar-refractivity contribution in [3.8, 4) is 0 Å². The van der Waals surface area contributed by atoms with Crippen LogP contribution >= 0.6 is 0 Å². The molecule has 2 rings (SSSR count). The van der Waals surface area contributed by atoms with E-state index in [2.05, 4.69) is 13.2 Å². The van der Waals surface area contributed by atoms with Gasteiger partial charge in [-0.2, -0.15) is 0 Å². The first-order valence-corrected chi connectivity index (χ1v) is 8.77. The Labute approximate surface area is 170 Å². The van der Waals surface area contributed by atoms with Crippen molar-refractivity contribution in [2.75, 3.05) is 6.61 Å². The van der Waals surface area contributed by atoms with Crippen molar-refractivity contribution in [2.24, 2.45) is 0 Å². The van der Waals surface area contributed by atoms with Gasteiger partial charge in [-0.05, 0) is 0 Å². The van der Waals surface area contributed by atoms with Crippen LogP contribution in [0.3, 0.4) is 0 Å². The maximum Gasteiger partial charge on any atom is 0.332 e. The number of carbonyl (C=O) groups excluding carboxylic acids is 2. The van der Waals surface area contributed by atoms with E-state index in [9.17, 15) is 40.2 Å². The molecule has 0 aliphatic carbocycles. The zero-order chi connectivity index (χ0) is 22.6. The van der Waals surface area contributed by atoms with E-state index in [-0.39, 0.29) is 0 Å². The van der Waals surface area contributed by atoms with Gasteiger partial charge in [0.05, 0.1) is 0 Å². The number of hydrogen-bond donors (Lipinski definition) is 6. The molecular formula is C17H24O13. The largest absolute Gasteiger partial charge is 0.460 e. The second kappa shape index (κ2) is 10.4. The molecule has 0 radical (unpaired) electrons. The van der Waals surface area contributed by atoms with E-state index in [0.717, 1.165) is 12.2 Å². The zero-order valence-electron chi connectivity index (χ0n) is 15.6. The Morgan fingerprint density at radius 3 is 1.80 bits per heavy atom. The molecule has 0 aromatic rings. The van der Waals surface area contributed by atoms with E-state index >= 15 is 0 Å². The molecule has 0 unspecified atom stereocenters. The lowest BCUT2D eigenvalue weighted by molar-refractivity contribution is -0.393. The SMILES string of the molecule is C=CC(=O)OC[C@H]1O[C@H](O[C@H]2O[C@H](OC(=O)C=C)[C@@H](O)[C@H](O)[C@H]2O)[C@H](O)[C@@H](O)[C@@H]1O. The summed E-state index contributed by atoms with van der Waals surface area (Å²) in [7, 11) is 0. The molecule has 2 heterocycles. The number of aliphatic hydroxyl groups excluding tert-OH is 6. The quantitative estimate of drug-likeness (QED) is 0.167. The highest BCUT2D eigenvalue weighted by molar-refractivity contribution is 5.81. The molecule has 170 valence electrons. The smallest absolute Gasteiger partial charge is 0.332 e. The normalized spacial score (nSPS) is 41.5. The van der Waals surface area contributed by atoms with E-state index in [4.69, 9.17) is 23.7 Å². The number of rotatable bonds is 7. The van der Waals surface area contributed by atoms with Crippen LogP contribution in [0.5, 0.6) is 0 Å². The van der Waals surface area contributed by atoms with Gasteiger partial charge in [0.1, 0.15) is 49.3 Å². The van der Waals surface area contributed by atoms with E-state index in [1.807, 2.05) is 0 Å². The minimum Gasteiger partial charge on any atom is -0.460 e. The first kappa shape index (κ1) is 24.3. The predicted molar refractivity (Wildman–Crippen MR) is 91.9 cm³/mol. The molecule has 13 heteroatoms. The molecule has 0 saturated carbocycles. The number of aliphatic hydroxyl groups is 6. The fourth-order valence-electron chi connectivity index (χ4n) is 2.71. The van der Waals surface area contributed by atoms with Gasteiger partial charge < -0.3 is 54.3 Å². The van der Waals surface area contributed by atoms with Crippen molar-refractivity contribution in [3.63, 3.8) is 0 Å². The molecule has 0 spiro atoms. The van der Waals surface area contributed by atoms with Crippen molar-refractivity contribution < 1.29 is 63.9 Å². The van der Waals surface area contributed by atoms with Crippen LogP contribution in [0.2, 0.25) is 0 Å². The van der Waals surface area contributed by atoms with Crippen molar-refractivity contribution in [1.29, 1.82) is 0 Å². The summed E-state index contributed by atoms with van der Waals surface area (Å²) < 4.78 is 25.1. The summed E-state index contributed by atoms with van der Waals surface area (Å²) in [6, 6.07) is 0. The number of hydrogen-bond acceptors (Lipinski definition) is 13. The summed E-state index contributed by atoms with van der Waals surface area (Å²) in [5.41, 5.74) is 0. The molecule has 10 atom stereocenters. The lowest BCUT2D eigenvalue weighted by Gasteiger charge is -2.44. The van der Waals surface area contributed by atoms with Crippen LogP contribution < -0.4 is 0 Å². The Hall–Kier alpha value is -1.94. The molecule has 13 nitrogen and oxygen atoms in total. The Morgan fingerprint density at radius 2 is 1.23 bits per heavy atom. The third-order valence-corrected chi connectivity index (χ3v) is 4.42. The van der Waals surface area contributed by atoms with Crippen LogP contribution in [0, 0.1) is 0 Å². The van der Waals surface area contributed by atoms with Gasteiger partial charge in [0, 0.05) is 12.2 Å². The van der Waals surface area contributed by atoms with E-state index < -0.39 is 80.1 Å². The molecule has 6 N–H and O–H groups in total. The molecule has 0 amide bonds. The van der Waals surface area contributed by atoms with Crippen LogP contribution in [0.1, 0.15) is 0 Å². The average Bonchev–Trinajstić information content (AvgIpc) is 2.74. The Balaban J connectivity index is 2.10. The third-order valence-electron chi connectivity index (χ3n) is 4.42. The summed E-state index contributed by atoms with van der Waals surface area (Å²) in [5.74, 6) is -1.84. The molecule has 0 aromatic heterocycles. The second-order valence-electron chi connectivity index (χ2n) is 6.47. The van der Waals surface area contributed by atoms with E-state index in [1.165, 1.54) is 0 Å². The predicted octanol–water partition coefficient (Wildman–Crippen LogP) is -3.97. The molecular weight excluding hydrogens is 412 g/mol. The maximum absolute atomic E-state index is 11.3. The standard InChI is InChI=1S/C17H24O13/c1-3-7(18)26-5-6-9(20)10(21)12(23)15(27-6)29-17-14(25)11(22)13(24)16(30-17)28-8(19)4-2/h3-4,6,9-17,20-25H,1-2,5H2/t6-,9-,10+,11+,12-,13+,14-,15-,16+,17+/m1/s1. The van der Waals surface area contributed by atoms with Crippen molar-refractivity contribution >= 4 is 11.9 Å². The number of ether oxygens (including phenoxy) is 5. The molecule has 0 aromatic carbocycles. The Bertz CT molecular complexity index is 639. The van der Waals surface area contributed by atoms with Crippen LogP contribution in [-0.2, 0) is 33.3 Å². The Morgan fingerprint density at radius 1 is 0.733 bits per heavy atom. The van der Waals surface area contributed by atoms with Crippen LogP contribution in [0.15, 0.2) is 25.3 Å². The fraction of sp³-hybridized carbons (Fsp3) is 0.647. The third kappa shape index (κ3) is 5.40. The molecule has 30 heavy (non-hydrogen) atoms. The van der Waals surface area contributed by atoms with E-state index in [0.29, 0.717) is 0 Å². The highest BCUT2D eigenvalue weighted by atomic mass is 16.8. The maximum atomic E-state index is 11.3. The van der Waals surface area contributed by atoms with Gasteiger partial charge in [0.25, 0.3) is 0 Å². The number of esters is 2. The molecule has 2 aliphatic heterocycles. The molecule has 2 saturated heterocycles. The van der Waals surface area contributed by atoms with Crippen LogP contribution in [0.25, 0.3) is 0 Å². The molecule has 2 aliphatic rings. The minimum atomic E-state index is -1.88. The van der Waals surface area contributed by atoms with Gasteiger partial charge in [-0.1, -0.05) is 13.2 Å². The fourth-order valence-corrected chi connectivity index (χ4v) is 2.71. The van der Waals surface area contributed by atoms with Gasteiger partial charge in [-0.15, -0.1) is 0 Å². The van der Waals surface area contributed by atoms with Crippen molar-refractivity contribution in [2.45, 2.75) is 61.6 Å². The number of carbonyl (C=O) groups is 2. The lowest BCUT2D eigenvalue weighted by atomic mass is 9.99.